The van der Waals surface area contributed by atoms with Crippen molar-refractivity contribution in [2.75, 3.05) is 30.3 Å². The lowest BCUT2D eigenvalue weighted by atomic mass is 10.0. The van der Waals surface area contributed by atoms with Crippen LogP contribution < -0.4 is 16.0 Å². The average molecular weight is 326 g/mol. The summed E-state index contributed by atoms with van der Waals surface area (Å²) < 4.78 is 0. The highest BCUT2D eigenvalue weighted by Gasteiger charge is 2.21. The highest BCUT2D eigenvalue weighted by molar-refractivity contribution is 5.35. The Labute approximate surface area is 143 Å². The Morgan fingerprint density at radius 2 is 2.00 bits per heavy atom. The molecule has 0 spiro atoms. The standard InChI is InChI=1S/C18H26N6/c1-4-6-7-8-15(5-2)13-20-16-9-11-24(12-10-16)18-22-14(3)21-17(19)23-18/h4-8,16,20H,1-2,9-13H2,3H3,(H2,19,21,22,23)/b7-6-,15-8+. The highest BCUT2D eigenvalue weighted by atomic mass is 15.3. The van der Waals surface area contributed by atoms with Crippen molar-refractivity contribution in [3.63, 3.8) is 0 Å². The normalized spacial score (nSPS) is 16.5. The van der Waals surface area contributed by atoms with Crippen LogP contribution in [-0.2, 0) is 0 Å². The molecule has 128 valence electrons. The summed E-state index contributed by atoms with van der Waals surface area (Å²) in [5.74, 6) is 1.62. The molecule has 0 amide bonds. The molecule has 0 atom stereocenters. The van der Waals surface area contributed by atoms with Crippen molar-refractivity contribution in [1.29, 1.82) is 0 Å². The van der Waals surface area contributed by atoms with Crippen LogP contribution >= 0.6 is 0 Å². The molecule has 0 saturated carbocycles. The number of allylic oxidation sites excluding steroid dienone is 4. The molecule has 1 aliphatic rings. The van der Waals surface area contributed by atoms with Crippen LogP contribution in [0.3, 0.4) is 0 Å². The minimum atomic E-state index is 0.283. The number of nitrogen functional groups attached to an aromatic ring is 1. The molecule has 6 nitrogen and oxygen atoms in total. The smallest absolute Gasteiger partial charge is 0.230 e. The van der Waals surface area contributed by atoms with E-state index in [2.05, 4.69) is 38.3 Å². The van der Waals surface area contributed by atoms with Gasteiger partial charge in [0.15, 0.2) is 0 Å². The monoisotopic (exact) mass is 326 g/mol. The SMILES string of the molecule is C=C/C=C\C=C(/C=C)CNC1CCN(c2nc(C)nc(N)n2)CC1. The third-order valence-electron chi connectivity index (χ3n) is 3.95. The van der Waals surface area contributed by atoms with Gasteiger partial charge in [-0.15, -0.1) is 0 Å². The molecule has 2 rings (SSSR count). The molecule has 1 aromatic heterocycles. The Morgan fingerprint density at radius 3 is 2.62 bits per heavy atom. The van der Waals surface area contributed by atoms with Gasteiger partial charge in [0.2, 0.25) is 11.9 Å². The molecule has 0 unspecified atom stereocenters. The highest BCUT2D eigenvalue weighted by Crippen LogP contribution is 2.17. The zero-order valence-electron chi connectivity index (χ0n) is 14.3. The van der Waals surface area contributed by atoms with Gasteiger partial charge in [-0.1, -0.05) is 43.5 Å². The number of rotatable bonds is 7. The van der Waals surface area contributed by atoms with Crippen molar-refractivity contribution in [2.24, 2.45) is 0 Å². The maximum absolute atomic E-state index is 5.71. The molecule has 0 aromatic carbocycles. The van der Waals surface area contributed by atoms with Crippen LogP contribution in [0.4, 0.5) is 11.9 Å². The van der Waals surface area contributed by atoms with E-state index in [1.807, 2.05) is 31.2 Å². The van der Waals surface area contributed by atoms with Crippen molar-refractivity contribution >= 4 is 11.9 Å². The van der Waals surface area contributed by atoms with E-state index >= 15 is 0 Å². The summed E-state index contributed by atoms with van der Waals surface area (Å²) in [5.41, 5.74) is 6.87. The number of piperidine rings is 1. The van der Waals surface area contributed by atoms with E-state index in [4.69, 9.17) is 5.73 Å². The van der Waals surface area contributed by atoms with E-state index in [9.17, 15) is 0 Å². The van der Waals surface area contributed by atoms with Gasteiger partial charge in [-0.2, -0.15) is 15.0 Å². The number of nitrogens with two attached hydrogens (primary N) is 1. The summed E-state index contributed by atoms with van der Waals surface area (Å²) in [4.78, 5) is 14.8. The number of aromatic nitrogens is 3. The molecule has 0 radical (unpaired) electrons. The van der Waals surface area contributed by atoms with Crippen LogP contribution in [0.15, 0.2) is 49.1 Å². The van der Waals surface area contributed by atoms with Gasteiger partial charge < -0.3 is 16.0 Å². The molecular weight excluding hydrogens is 300 g/mol. The number of hydrogen-bond acceptors (Lipinski definition) is 6. The fraction of sp³-hybridized carbons (Fsp3) is 0.389. The first-order valence-electron chi connectivity index (χ1n) is 8.19. The Morgan fingerprint density at radius 1 is 1.25 bits per heavy atom. The number of hydrogen-bond donors (Lipinski definition) is 2. The van der Waals surface area contributed by atoms with Crippen LogP contribution in [-0.4, -0.2) is 40.6 Å². The molecule has 2 heterocycles. The van der Waals surface area contributed by atoms with Gasteiger partial charge in [0, 0.05) is 25.7 Å². The summed E-state index contributed by atoms with van der Waals surface area (Å²) in [6, 6.07) is 0.480. The molecule has 0 aliphatic carbocycles. The molecule has 0 bridgehead atoms. The lowest BCUT2D eigenvalue weighted by molar-refractivity contribution is 0.425. The second kappa shape index (κ2) is 8.98. The van der Waals surface area contributed by atoms with Crippen LogP contribution in [0.25, 0.3) is 0 Å². The first-order valence-corrected chi connectivity index (χ1v) is 8.19. The molecule has 3 N–H and O–H groups in total. The third-order valence-corrected chi connectivity index (χ3v) is 3.95. The van der Waals surface area contributed by atoms with Crippen molar-refractivity contribution in [3.05, 3.63) is 54.9 Å². The predicted molar refractivity (Wildman–Crippen MR) is 99.8 cm³/mol. The molecule has 1 saturated heterocycles. The summed E-state index contributed by atoms with van der Waals surface area (Å²) in [6.07, 6.45) is 11.6. The van der Waals surface area contributed by atoms with E-state index in [-0.39, 0.29) is 5.95 Å². The minimum absolute atomic E-state index is 0.283. The molecule has 1 aromatic rings. The molecular formula is C18H26N6. The average Bonchev–Trinajstić information content (AvgIpc) is 2.57. The van der Waals surface area contributed by atoms with Gasteiger partial charge in [-0.25, -0.2) is 0 Å². The van der Waals surface area contributed by atoms with Crippen LogP contribution in [0, 0.1) is 6.92 Å². The number of nitrogens with one attached hydrogen (secondary N) is 1. The third kappa shape index (κ3) is 5.31. The number of anilines is 2. The van der Waals surface area contributed by atoms with E-state index in [0.29, 0.717) is 17.8 Å². The quantitative estimate of drug-likeness (QED) is 0.748. The van der Waals surface area contributed by atoms with Crippen LogP contribution in [0.1, 0.15) is 18.7 Å². The summed E-state index contributed by atoms with van der Waals surface area (Å²) in [5, 5.41) is 3.59. The van der Waals surface area contributed by atoms with Gasteiger partial charge in [-0.3, -0.25) is 0 Å². The Bertz CT molecular complexity index is 606. The fourth-order valence-electron chi connectivity index (χ4n) is 2.63. The van der Waals surface area contributed by atoms with Crippen LogP contribution in [0.2, 0.25) is 0 Å². The first-order chi connectivity index (χ1) is 11.6. The van der Waals surface area contributed by atoms with Crippen molar-refractivity contribution in [3.8, 4) is 0 Å². The fourth-order valence-corrected chi connectivity index (χ4v) is 2.63. The van der Waals surface area contributed by atoms with E-state index in [0.717, 1.165) is 38.0 Å². The van der Waals surface area contributed by atoms with Gasteiger partial charge in [0.25, 0.3) is 0 Å². The van der Waals surface area contributed by atoms with Gasteiger partial charge in [0.05, 0.1) is 0 Å². The summed E-state index contributed by atoms with van der Waals surface area (Å²) in [6.45, 7) is 12.0. The number of nitrogens with zero attached hydrogens (tertiary/aromatic N) is 4. The molecule has 1 fully saturated rings. The summed E-state index contributed by atoms with van der Waals surface area (Å²) >= 11 is 0. The zero-order chi connectivity index (χ0) is 17.4. The van der Waals surface area contributed by atoms with E-state index < -0.39 is 0 Å². The maximum Gasteiger partial charge on any atom is 0.230 e. The first kappa shape index (κ1) is 17.9. The molecule has 1 aliphatic heterocycles. The van der Waals surface area contributed by atoms with E-state index in [1.54, 1.807) is 6.08 Å². The maximum atomic E-state index is 5.71. The van der Waals surface area contributed by atoms with E-state index in [1.165, 1.54) is 0 Å². The van der Waals surface area contributed by atoms with Crippen molar-refractivity contribution in [2.45, 2.75) is 25.8 Å². The topological polar surface area (TPSA) is 80.0 Å². The van der Waals surface area contributed by atoms with Crippen molar-refractivity contribution < 1.29 is 0 Å². The Balaban J connectivity index is 1.84. The second-order valence-corrected chi connectivity index (χ2v) is 5.75. The minimum Gasteiger partial charge on any atom is -0.368 e. The lowest BCUT2D eigenvalue weighted by Crippen LogP contribution is -2.43. The van der Waals surface area contributed by atoms with Gasteiger partial charge in [-0.05, 0) is 25.3 Å². The molecule has 24 heavy (non-hydrogen) atoms. The Kier molecular flexibility index (Phi) is 6.69. The number of aryl methyl sites for hydroxylation is 1. The van der Waals surface area contributed by atoms with Crippen LogP contribution in [0.5, 0.6) is 0 Å². The van der Waals surface area contributed by atoms with Gasteiger partial charge >= 0.3 is 0 Å². The summed E-state index contributed by atoms with van der Waals surface area (Å²) in [7, 11) is 0. The zero-order valence-corrected chi connectivity index (χ0v) is 14.3. The lowest BCUT2D eigenvalue weighted by Gasteiger charge is -2.32. The van der Waals surface area contributed by atoms with Crippen molar-refractivity contribution in [1.82, 2.24) is 20.3 Å². The largest absolute Gasteiger partial charge is 0.368 e. The second-order valence-electron chi connectivity index (χ2n) is 5.75. The predicted octanol–water partition coefficient (Wildman–Crippen LogP) is 2.18. The Hall–Kier alpha value is -2.47. The molecule has 6 heteroatoms. The van der Waals surface area contributed by atoms with Gasteiger partial charge in [0.1, 0.15) is 5.82 Å².